The summed E-state index contributed by atoms with van der Waals surface area (Å²) in [5.74, 6) is -2.36. The van der Waals surface area contributed by atoms with Crippen molar-refractivity contribution in [3.05, 3.63) is 29.6 Å². The van der Waals surface area contributed by atoms with Gasteiger partial charge in [-0.15, -0.1) is 0 Å². The van der Waals surface area contributed by atoms with Crippen LogP contribution in [0.1, 0.15) is 29.6 Å². The Bertz CT molecular complexity index is 648. The molecule has 2 rings (SSSR count). The maximum atomic E-state index is 13.8. The van der Waals surface area contributed by atoms with Crippen LogP contribution in [0.5, 0.6) is 0 Å². The van der Waals surface area contributed by atoms with E-state index in [0.29, 0.717) is 5.25 Å². The fourth-order valence-electron chi connectivity index (χ4n) is 2.40. The average molecular weight is 333 g/mol. The summed E-state index contributed by atoms with van der Waals surface area (Å²) < 4.78 is 40.7. The highest BCUT2D eigenvalue weighted by molar-refractivity contribution is 7.99. The Balaban J connectivity index is 2.18. The maximum absolute atomic E-state index is 13.8. The van der Waals surface area contributed by atoms with Gasteiger partial charge in [-0.2, -0.15) is 11.8 Å². The first-order valence-corrected chi connectivity index (χ1v) is 9.18. The maximum Gasteiger partial charge on any atom is 0.335 e. The van der Waals surface area contributed by atoms with Gasteiger partial charge in [-0.05, 0) is 43.7 Å². The van der Waals surface area contributed by atoms with Gasteiger partial charge in [-0.25, -0.2) is 22.3 Å². The second-order valence-electron chi connectivity index (χ2n) is 4.94. The molecule has 116 valence electrons. The van der Waals surface area contributed by atoms with Crippen LogP contribution in [0.15, 0.2) is 23.1 Å². The molecule has 0 radical (unpaired) electrons. The molecule has 1 aliphatic rings. The molecule has 1 aromatic carbocycles. The van der Waals surface area contributed by atoms with E-state index < -0.39 is 26.7 Å². The quantitative estimate of drug-likeness (QED) is 0.862. The van der Waals surface area contributed by atoms with Gasteiger partial charge in [0.1, 0.15) is 10.7 Å². The summed E-state index contributed by atoms with van der Waals surface area (Å²) in [4.78, 5) is 10.2. The van der Waals surface area contributed by atoms with Gasteiger partial charge in [-0.3, -0.25) is 0 Å². The fraction of sp³-hybridized carbons (Fsp3) is 0.462. The van der Waals surface area contributed by atoms with Crippen molar-refractivity contribution in [2.75, 3.05) is 6.26 Å². The number of carbonyl (C=O) groups is 1. The van der Waals surface area contributed by atoms with Gasteiger partial charge in [0.25, 0.3) is 0 Å². The number of thioether (sulfide) groups is 1. The molecule has 0 bridgehead atoms. The molecule has 1 aromatic rings. The highest BCUT2D eigenvalue weighted by atomic mass is 32.2. The zero-order valence-corrected chi connectivity index (χ0v) is 13.0. The summed E-state index contributed by atoms with van der Waals surface area (Å²) in [5.41, 5.74) is -0.283. The second kappa shape index (κ2) is 6.33. The molecule has 0 spiro atoms. The smallest absolute Gasteiger partial charge is 0.335 e. The first-order chi connectivity index (χ1) is 9.83. The summed E-state index contributed by atoms with van der Waals surface area (Å²) in [6.07, 6.45) is 4.34. The summed E-state index contributed by atoms with van der Waals surface area (Å²) >= 11 is 1.69. The van der Waals surface area contributed by atoms with Gasteiger partial charge < -0.3 is 5.11 Å². The minimum atomic E-state index is -3.98. The van der Waals surface area contributed by atoms with Crippen molar-refractivity contribution in [3.8, 4) is 0 Å². The number of sulfonamides is 1. The third-order valence-corrected chi connectivity index (χ3v) is 6.16. The van der Waals surface area contributed by atoms with Crippen LogP contribution in [0.4, 0.5) is 4.39 Å². The summed E-state index contributed by atoms with van der Waals surface area (Å²) in [6.45, 7) is 0. The largest absolute Gasteiger partial charge is 0.478 e. The van der Waals surface area contributed by atoms with Crippen LogP contribution in [0, 0.1) is 5.82 Å². The third kappa shape index (κ3) is 3.75. The number of aromatic carboxylic acids is 1. The van der Waals surface area contributed by atoms with Gasteiger partial charge in [0.2, 0.25) is 10.0 Å². The molecular formula is C13H16FNO4S2. The number of carboxylic acid groups (broad SMARTS) is 1. The van der Waals surface area contributed by atoms with Crippen molar-refractivity contribution in [3.63, 3.8) is 0 Å². The lowest BCUT2D eigenvalue weighted by Crippen LogP contribution is -2.33. The Morgan fingerprint density at radius 1 is 1.43 bits per heavy atom. The van der Waals surface area contributed by atoms with Crippen molar-refractivity contribution in [2.45, 2.75) is 35.4 Å². The Morgan fingerprint density at radius 3 is 2.67 bits per heavy atom. The van der Waals surface area contributed by atoms with Crippen LogP contribution in [0.3, 0.4) is 0 Å². The molecule has 1 fully saturated rings. The molecule has 2 unspecified atom stereocenters. The van der Waals surface area contributed by atoms with Gasteiger partial charge in [0.05, 0.1) is 5.56 Å². The zero-order chi connectivity index (χ0) is 15.6. The normalized spacial score (nSPS) is 22.4. The van der Waals surface area contributed by atoms with Crippen molar-refractivity contribution in [1.29, 1.82) is 0 Å². The van der Waals surface area contributed by atoms with Crippen LogP contribution in [0.2, 0.25) is 0 Å². The molecule has 0 saturated heterocycles. The Kier molecular flexibility index (Phi) is 4.90. The first kappa shape index (κ1) is 16.3. The lowest BCUT2D eigenvalue weighted by Gasteiger charge is -2.14. The summed E-state index contributed by atoms with van der Waals surface area (Å²) in [5, 5.41) is 9.17. The fourth-order valence-corrected chi connectivity index (χ4v) is 4.54. The highest BCUT2D eigenvalue weighted by Crippen LogP contribution is 2.29. The van der Waals surface area contributed by atoms with Crippen molar-refractivity contribution >= 4 is 27.8 Å². The predicted octanol–water partition coefficient (Wildman–Crippen LogP) is 2.09. The third-order valence-electron chi connectivity index (χ3n) is 3.51. The monoisotopic (exact) mass is 333 g/mol. The van der Waals surface area contributed by atoms with Gasteiger partial charge in [-0.1, -0.05) is 0 Å². The first-order valence-electron chi connectivity index (χ1n) is 6.41. The summed E-state index contributed by atoms with van der Waals surface area (Å²) in [6, 6.07) is 2.59. The number of halogens is 1. The van der Waals surface area contributed by atoms with E-state index in [-0.39, 0.29) is 11.6 Å². The Labute approximate surface area is 127 Å². The topological polar surface area (TPSA) is 83.5 Å². The molecule has 1 aliphatic carbocycles. The second-order valence-corrected chi connectivity index (χ2v) is 7.76. The highest BCUT2D eigenvalue weighted by Gasteiger charge is 2.29. The van der Waals surface area contributed by atoms with E-state index in [1.165, 1.54) is 0 Å². The van der Waals surface area contributed by atoms with E-state index >= 15 is 0 Å². The number of hydrogen-bond donors (Lipinski definition) is 2. The van der Waals surface area contributed by atoms with E-state index in [0.717, 1.165) is 37.5 Å². The number of carboxylic acids is 1. The van der Waals surface area contributed by atoms with E-state index in [2.05, 4.69) is 4.72 Å². The van der Waals surface area contributed by atoms with Crippen LogP contribution in [0.25, 0.3) is 0 Å². The van der Waals surface area contributed by atoms with Crippen LogP contribution in [-0.2, 0) is 10.0 Å². The molecule has 1 saturated carbocycles. The molecular weight excluding hydrogens is 317 g/mol. The molecule has 8 heteroatoms. The average Bonchev–Trinajstić information content (AvgIpc) is 2.85. The molecule has 21 heavy (non-hydrogen) atoms. The standard InChI is InChI=1S/C13H16FNO4S2/c1-20-10-4-3-9(7-10)15-21(18,19)12-5-2-8(13(16)17)6-11(12)14/h2,5-6,9-10,15H,3-4,7H2,1H3,(H,16,17). The van der Waals surface area contributed by atoms with Crippen LogP contribution >= 0.6 is 11.8 Å². The van der Waals surface area contributed by atoms with E-state index in [4.69, 9.17) is 5.11 Å². The van der Waals surface area contributed by atoms with E-state index in [1.807, 2.05) is 6.26 Å². The van der Waals surface area contributed by atoms with Crippen molar-refractivity contribution in [2.24, 2.45) is 0 Å². The van der Waals surface area contributed by atoms with Gasteiger partial charge >= 0.3 is 5.97 Å². The molecule has 0 amide bonds. The Hall–Kier alpha value is -1.12. The molecule has 2 N–H and O–H groups in total. The van der Waals surface area contributed by atoms with Crippen LogP contribution in [-0.4, -0.2) is 37.0 Å². The lowest BCUT2D eigenvalue weighted by molar-refractivity contribution is 0.0696. The lowest BCUT2D eigenvalue weighted by atomic mass is 10.2. The SMILES string of the molecule is CSC1CCC(NS(=O)(=O)c2ccc(C(=O)O)cc2F)C1. The number of nitrogens with one attached hydrogen (secondary N) is 1. The van der Waals surface area contributed by atoms with Gasteiger partial charge in [0.15, 0.2) is 0 Å². The van der Waals surface area contributed by atoms with Crippen LogP contribution < -0.4 is 4.72 Å². The molecule has 0 aliphatic heterocycles. The zero-order valence-electron chi connectivity index (χ0n) is 11.4. The molecule has 2 atom stereocenters. The van der Waals surface area contributed by atoms with Crippen molar-refractivity contribution in [1.82, 2.24) is 4.72 Å². The number of benzene rings is 1. The summed E-state index contributed by atoms with van der Waals surface area (Å²) in [7, 11) is -3.98. The van der Waals surface area contributed by atoms with Gasteiger partial charge in [0, 0.05) is 11.3 Å². The minimum absolute atomic E-state index is 0.203. The minimum Gasteiger partial charge on any atom is -0.478 e. The van der Waals surface area contributed by atoms with Crippen molar-refractivity contribution < 1.29 is 22.7 Å². The Morgan fingerprint density at radius 2 is 2.14 bits per heavy atom. The predicted molar refractivity (Wildman–Crippen MR) is 78.6 cm³/mol. The molecule has 0 heterocycles. The van der Waals surface area contributed by atoms with E-state index in [1.54, 1.807) is 11.8 Å². The van der Waals surface area contributed by atoms with E-state index in [9.17, 15) is 17.6 Å². The number of rotatable bonds is 5. The molecule has 0 aromatic heterocycles. The molecule has 5 nitrogen and oxygen atoms in total. The number of hydrogen-bond acceptors (Lipinski definition) is 4.